The second-order valence-corrected chi connectivity index (χ2v) is 7.34. The lowest BCUT2D eigenvalue weighted by Crippen LogP contribution is -2.33. The minimum absolute atomic E-state index is 0.243. The number of methoxy groups -OCH3 is 1. The van der Waals surface area contributed by atoms with Gasteiger partial charge in [0.1, 0.15) is 12.7 Å². The van der Waals surface area contributed by atoms with Crippen LogP contribution >= 0.6 is 0 Å². The molecule has 2 heterocycles. The number of nitrogens with zero attached hydrogens (tertiary/aromatic N) is 4. The summed E-state index contributed by atoms with van der Waals surface area (Å²) in [5.74, 6) is 2.46. The second kappa shape index (κ2) is 9.86. The Morgan fingerprint density at radius 2 is 2.00 bits per heavy atom. The fraction of sp³-hybridized carbons (Fsp3) is 0.600. The number of likely N-dealkylation sites (tertiary alicyclic amines) is 1. The Balaban J connectivity index is 1.55. The Morgan fingerprint density at radius 3 is 2.68 bits per heavy atom. The van der Waals surface area contributed by atoms with Crippen molar-refractivity contribution in [1.29, 1.82) is 0 Å². The predicted octanol–water partition coefficient (Wildman–Crippen LogP) is 1.85. The van der Waals surface area contributed by atoms with Crippen molar-refractivity contribution in [3.8, 4) is 11.5 Å². The van der Waals surface area contributed by atoms with Crippen LogP contribution in [-0.4, -0.2) is 71.6 Å². The molecular weight excluding hydrogens is 360 g/mol. The highest BCUT2D eigenvalue weighted by Gasteiger charge is 2.17. The lowest BCUT2D eigenvalue weighted by molar-refractivity contribution is 0.0746. The Kier molecular flexibility index (Phi) is 7.24. The van der Waals surface area contributed by atoms with Gasteiger partial charge in [0.25, 0.3) is 0 Å². The molecule has 1 N–H and O–H groups in total. The van der Waals surface area contributed by atoms with E-state index in [1.54, 1.807) is 14.0 Å². The summed E-state index contributed by atoms with van der Waals surface area (Å²) < 4.78 is 16.7. The van der Waals surface area contributed by atoms with Gasteiger partial charge in [0, 0.05) is 20.0 Å². The molecule has 3 rings (SSSR count). The van der Waals surface area contributed by atoms with Gasteiger partial charge in [-0.3, -0.25) is 4.90 Å². The van der Waals surface area contributed by atoms with Crippen molar-refractivity contribution in [3.63, 3.8) is 0 Å². The molecule has 1 aromatic heterocycles. The number of aryl methyl sites for hydroxylation is 1. The molecule has 0 amide bonds. The monoisotopic (exact) mass is 390 g/mol. The smallest absolute Gasteiger partial charge is 0.230 e. The lowest BCUT2D eigenvalue weighted by atomic mass is 10.2. The Hall–Kier alpha value is -2.16. The van der Waals surface area contributed by atoms with E-state index in [4.69, 9.17) is 13.9 Å². The number of aromatic nitrogens is 2. The van der Waals surface area contributed by atoms with Crippen molar-refractivity contribution in [2.75, 3.05) is 40.4 Å². The van der Waals surface area contributed by atoms with E-state index in [1.807, 2.05) is 25.2 Å². The van der Waals surface area contributed by atoms with Crippen LogP contribution in [0.15, 0.2) is 22.6 Å². The fourth-order valence-corrected chi connectivity index (χ4v) is 3.43. The summed E-state index contributed by atoms with van der Waals surface area (Å²) in [5, 5.41) is 18.2. The van der Waals surface area contributed by atoms with Gasteiger partial charge in [-0.2, -0.15) is 0 Å². The maximum atomic E-state index is 10.3. The molecule has 154 valence electrons. The maximum Gasteiger partial charge on any atom is 0.230 e. The molecule has 1 aliphatic heterocycles. The van der Waals surface area contributed by atoms with E-state index in [-0.39, 0.29) is 6.61 Å². The summed E-state index contributed by atoms with van der Waals surface area (Å²) in [6, 6.07) is 5.85. The molecule has 2 aromatic rings. The van der Waals surface area contributed by atoms with Crippen LogP contribution in [0.25, 0.3) is 0 Å². The van der Waals surface area contributed by atoms with Crippen molar-refractivity contribution in [2.24, 2.45) is 0 Å². The van der Waals surface area contributed by atoms with Crippen LogP contribution in [0.5, 0.6) is 11.5 Å². The van der Waals surface area contributed by atoms with E-state index < -0.39 is 6.10 Å². The van der Waals surface area contributed by atoms with Crippen molar-refractivity contribution in [1.82, 2.24) is 20.0 Å². The summed E-state index contributed by atoms with van der Waals surface area (Å²) >= 11 is 0. The summed E-state index contributed by atoms with van der Waals surface area (Å²) in [5.41, 5.74) is 1.07. The molecule has 0 bridgehead atoms. The zero-order chi connectivity index (χ0) is 19.9. The molecule has 0 saturated carbocycles. The summed E-state index contributed by atoms with van der Waals surface area (Å²) in [4.78, 5) is 4.36. The third kappa shape index (κ3) is 5.92. The van der Waals surface area contributed by atoms with E-state index in [0.29, 0.717) is 42.9 Å². The molecule has 8 heteroatoms. The first kappa shape index (κ1) is 20.6. The first-order valence-electron chi connectivity index (χ1n) is 9.71. The first-order valence-corrected chi connectivity index (χ1v) is 9.71. The molecule has 0 unspecified atom stereocenters. The summed E-state index contributed by atoms with van der Waals surface area (Å²) in [6.07, 6.45) is 1.90. The highest BCUT2D eigenvalue weighted by molar-refractivity contribution is 5.43. The molecule has 0 radical (unpaired) electrons. The standard InChI is InChI=1S/C20H30N4O4/c1-15-21-22-20(28-15)13-23(2)11-16-6-7-18(26-3)19(10-16)27-14-17(25)12-24-8-4-5-9-24/h6-7,10,17,25H,4-5,8-9,11-14H2,1-3H3/t17-/m1/s1. The average Bonchev–Trinajstić information content (AvgIpc) is 3.31. The third-order valence-corrected chi connectivity index (χ3v) is 4.75. The number of ether oxygens (including phenoxy) is 2. The molecule has 1 aliphatic rings. The fourth-order valence-electron chi connectivity index (χ4n) is 3.43. The largest absolute Gasteiger partial charge is 0.493 e. The van der Waals surface area contributed by atoms with Gasteiger partial charge >= 0.3 is 0 Å². The average molecular weight is 390 g/mol. The molecule has 1 atom stereocenters. The lowest BCUT2D eigenvalue weighted by Gasteiger charge is -2.21. The molecule has 28 heavy (non-hydrogen) atoms. The van der Waals surface area contributed by atoms with E-state index >= 15 is 0 Å². The van der Waals surface area contributed by atoms with Gasteiger partial charge in [0.15, 0.2) is 11.5 Å². The molecule has 8 nitrogen and oxygen atoms in total. The zero-order valence-electron chi connectivity index (χ0n) is 16.9. The molecular formula is C20H30N4O4. The molecule has 0 aliphatic carbocycles. The van der Waals surface area contributed by atoms with E-state index in [2.05, 4.69) is 20.0 Å². The Morgan fingerprint density at radius 1 is 1.21 bits per heavy atom. The first-order chi connectivity index (χ1) is 13.5. The van der Waals surface area contributed by atoms with E-state index in [9.17, 15) is 5.11 Å². The summed E-state index contributed by atoms with van der Waals surface area (Å²) in [7, 11) is 3.61. The van der Waals surface area contributed by atoms with Crippen LogP contribution in [-0.2, 0) is 13.1 Å². The molecule has 1 aromatic carbocycles. The van der Waals surface area contributed by atoms with Gasteiger partial charge in [-0.05, 0) is 50.7 Å². The number of hydrogen-bond acceptors (Lipinski definition) is 8. The van der Waals surface area contributed by atoms with Crippen LogP contribution < -0.4 is 9.47 Å². The SMILES string of the molecule is COc1ccc(CN(C)Cc2nnc(C)o2)cc1OC[C@H](O)CN1CCCC1. The van der Waals surface area contributed by atoms with Gasteiger partial charge in [-0.1, -0.05) is 6.07 Å². The number of β-amino-alcohol motifs (C(OH)–C–C–N with tert-alkyl or cyclic N) is 1. The minimum Gasteiger partial charge on any atom is -0.493 e. The third-order valence-electron chi connectivity index (χ3n) is 4.75. The number of hydrogen-bond donors (Lipinski definition) is 1. The topological polar surface area (TPSA) is 84.1 Å². The van der Waals surface area contributed by atoms with Gasteiger partial charge < -0.3 is 23.9 Å². The Labute approximate surface area is 166 Å². The van der Waals surface area contributed by atoms with Crippen LogP contribution in [0.4, 0.5) is 0 Å². The van der Waals surface area contributed by atoms with Gasteiger partial charge in [0.2, 0.25) is 11.8 Å². The van der Waals surface area contributed by atoms with Crippen molar-refractivity contribution < 1.29 is 19.0 Å². The highest BCUT2D eigenvalue weighted by atomic mass is 16.5. The number of rotatable bonds is 10. The van der Waals surface area contributed by atoms with Gasteiger partial charge in [0.05, 0.1) is 13.7 Å². The van der Waals surface area contributed by atoms with Crippen molar-refractivity contribution in [2.45, 2.75) is 39.0 Å². The maximum absolute atomic E-state index is 10.3. The number of benzene rings is 1. The highest BCUT2D eigenvalue weighted by Crippen LogP contribution is 2.29. The van der Waals surface area contributed by atoms with E-state index in [1.165, 1.54) is 12.8 Å². The molecule has 1 fully saturated rings. The quantitative estimate of drug-likeness (QED) is 0.658. The number of aliphatic hydroxyl groups excluding tert-OH is 1. The van der Waals surface area contributed by atoms with Gasteiger partial charge in [-0.25, -0.2) is 0 Å². The van der Waals surface area contributed by atoms with Crippen LogP contribution in [0.2, 0.25) is 0 Å². The van der Waals surface area contributed by atoms with Crippen molar-refractivity contribution >= 4 is 0 Å². The Bertz CT molecular complexity index is 746. The van der Waals surface area contributed by atoms with Crippen molar-refractivity contribution in [3.05, 3.63) is 35.5 Å². The normalized spacial score (nSPS) is 15.9. The minimum atomic E-state index is -0.519. The van der Waals surface area contributed by atoms with Gasteiger partial charge in [-0.15, -0.1) is 10.2 Å². The second-order valence-electron chi connectivity index (χ2n) is 7.34. The predicted molar refractivity (Wildman–Crippen MR) is 104 cm³/mol. The molecule has 1 saturated heterocycles. The number of aliphatic hydroxyl groups is 1. The zero-order valence-corrected chi connectivity index (χ0v) is 16.9. The van der Waals surface area contributed by atoms with E-state index in [0.717, 1.165) is 18.7 Å². The van der Waals surface area contributed by atoms with Crippen LogP contribution in [0, 0.1) is 6.92 Å². The molecule has 0 spiro atoms. The van der Waals surface area contributed by atoms with Crippen LogP contribution in [0.1, 0.15) is 30.2 Å². The van der Waals surface area contributed by atoms with Crippen LogP contribution in [0.3, 0.4) is 0 Å². The summed E-state index contributed by atoms with van der Waals surface area (Å²) in [6.45, 7) is 6.04.